The molecule has 1 saturated carbocycles. The third-order valence-electron chi connectivity index (χ3n) is 5.67. The number of H-pyrrole nitrogens is 1. The first-order valence-corrected chi connectivity index (χ1v) is 9.54. The van der Waals surface area contributed by atoms with Crippen LogP contribution in [0.4, 0.5) is 0 Å². The van der Waals surface area contributed by atoms with Crippen LogP contribution >= 0.6 is 0 Å². The Hall–Kier alpha value is -4.35. The highest BCUT2D eigenvalue weighted by Gasteiger charge is 2.32. The van der Waals surface area contributed by atoms with Gasteiger partial charge in [-0.25, -0.2) is 0 Å². The quantitative estimate of drug-likeness (QED) is 0.334. The second-order valence-corrected chi connectivity index (χ2v) is 7.63. The summed E-state index contributed by atoms with van der Waals surface area (Å²) < 4.78 is 20.1. The molecule has 0 bridgehead atoms. The Labute approximate surface area is 171 Å². The minimum atomic E-state index is -0.217. The van der Waals surface area contributed by atoms with Gasteiger partial charge >= 0.3 is 0 Å². The van der Waals surface area contributed by atoms with Gasteiger partial charge in [0.05, 0.1) is 6.20 Å². The topological polar surface area (TPSA) is 164 Å². The third-order valence-corrected chi connectivity index (χ3v) is 5.67. The van der Waals surface area contributed by atoms with E-state index in [1.54, 1.807) is 17.8 Å². The Bertz CT molecular complexity index is 1610. The largest absolute Gasteiger partial charge is 0.503 e. The summed E-state index contributed by atoms with van der Waals surface area (Å²) in [6, 6.07) is 0.298. The fraction of sp³-hybridized carbons (Fsp3) is 0.211. The minimum Gasteiger partial charge on any atom is -0.503 e. The number of nitrogens with one attached hydrogen (secondary N) is 1. The summed E-state index contributed by atoms with van der Waals surface area (Å²) in [5.74, 6) is -0.215. The van der Waals surface area contributed by atoms with Crippen molar-refractivity contribution in [1.29, 1.82) is 0 Å². The molecule has 0 aromatic carbocycles. The van der Waals surface area contributed by atoms with Gasteiger partial charge in [-0.1, -0.05) is 0 Å². The number of aromatic hydroxyl groups is 3. The monoisotopic (exact) mass is 422 g/mol. The Morgan fingerprint density at radius 1 is 1.00 bits per heavy atom. The number of fused-ring (bicyclic) bond motifs is 3. The van der Waals surface area contributed by atoms with Gasteiger partial charge in [0.15, 0.2) is 46.3 Å². The van der Waals surface area contributed by atoms with Gasteiger partial charge in [0, 0.05) is 13.1 Å². The van der Waals surface area contributed by atoms with Crippen molar-refractivity contribution in [1.82, 2.24) is 29.1 Å². The lowest BCUT2D eigenvalue weighted by molar-refractivity contribution is 0.454. The van der Waals surface area contributed by atoms with E-state index in [0.29, 0.717) is 23.0 Å². The maximum absolute atomic E-state index is 10.8. The van der Waals surface area contributed by atoms with Crippen LogP contribution in [0, 0.1) is 0 Å². The lowest BCUT2D eigenvalue weighted by Crippen LogP contribution is -1.95. The summed E-state index contributed by atoms with van der Waals surface area (Å²) in [6.45, 7) is 0. The fourth-order valence-electron chi connectivity index (χ4n) is 4.00. The van der Waals surface area contributed by atoms with Gasteiger partial charge in [0.1, 0.15) is 5.69 Å². The SMILES string of the molecule is Cn1c(-c2nc3c(o2)c(O)cn3C2CC2)c(O)c2oc(-c3[nH]c4ncoc4c3O)nc21. The summed E-state index contributed by atoms with van der Waals surface area (Å²) in [4.78, 5) is 15.7. The van der Waals surface area contributed by atoms with Crippen LogP contribution in [0.3, 0.4) is 0 Å². The Balaban J connectivity index is 1.39. The van der Waals surface area contributed by atoms with E-state index in [1.165, 1.54) is 6.39 Å². The summed E-state index contributed by atoms with van der Waals surface area (Å²) in [7, 11) is 1.68. The Morgan fingerprint density at radius 3 is 2.52 bits per heavy atom. The van der Waals surface area contributed by atoms with Crippen LogP contribution in [0.1, 0.15) is 18.9 Å². The second kappa shape index (κ2) is 5.22. The van der Waals surface area contributed by atoms with Crippen molar-refractivity contribution in [3.05, 3.63) is 12.6 Å². The molecule has 0 radical (unpaired) electrons. The van der Waals surface area contributed by atoms with Crippen LogP contribution in [0.2, 0.25) is 0 Å². The van der Waals surface area contributed by atoms with Crippen molar-refractivity contribution in [2.24, 2.45) is 7.05 Å². The molecule has 156 valence electrons. The third kappa shape index (κ3) is 2.00. The van der Waals surface area contributed by atoms with Gasteiger partial charge in [-0.05, 0) is 12.8 Å². The standard InChI is InChI=1S/C19H14N6O6/c1-24-9(19-23-17-12(30-19)7(26)4-25(17)6-2-3-6)11(28)14-16(24)22-18(31-14)8-10(27)13-15(21-8)20-5-29-13/h4-6,21,26-28H,2-3H2,1H3. The van der Waals surface area contributed by atoms with Crippen LogP contribution in [-0.4, -0.2) is 44.4 Å². The van der Waals surface area contributed by atoms with Gasteiger partial charge in [-0.15, -0.1) is 0 Å². The second-order valence-electron chi connectivity index (χ2n) is 7.63. The van der Waals surface area contributed by atoms with Crippen LogP contribution in [0.5, 0.6) is 17.2 Å². The molecule has 6 aromatic rings. The number of oxazole rings is 3. The minimum absolute atomic E-state index is 0.00130. The van der Waals surface area contributed by atoms with Crippen LogP contribution in [-0.2, 0) is 7.05 Å². The number of nitrogens with zero attached hydrogens (tertiary/aromatic N) is 5. The van der Waals surface area contributed by atoms with E-state index < -0.39 is 0 Å². The van der Waals surface area contributed by atoms with Crippen LogP contribution in [0.15, 0.2) is 25.8 Å². The zero-order chi connectivity index (χ0) is 21.0. The zero-order valence-corrected chi connectivity index (χ0v) is 15.9. The van der Waals surface area contributed by atoms with Crippen molar-refractivity contribution in [3.63, 3.8) is 0 Å². The zero-order valence-electron chi connectivity index (χ0n) is 15.9. The molecule has 1 fully saturated rings. The number of hydrogen-bond acceptors (Lipinski definition) is 9. The average Bonchev–Trinajstić information content (AvgIpc) is 3.17. The molecule has 6 aromatic heterocycles. The highest BCUT2D eigenvalue weighted by Crippen LogP contribution is 2.45. The van der Waals surface area contributed by atoms with Crippen LogP contribution in [0.25, 0.3) is 56.9 Å². The first-order valence-electron chi connectivity index (χ1n) is 9.54. The normalized spacial score (nSPS) is 14.6. The molecule has 4 N–H and O–H groups in total. The first-order chi connectivity index (χ1) is 15.0. The molecule has 12 heteroatoms. The summed E-state index contributed by atoms with van der Waals surface area (Å²) >= 11 is 0. The molecule has 1 aliphatic carbocycles. The van der Waals surface area contributed by atoms with Gasteiger partial charge in [0.25, 0.3) is 0 Å². The van der Waals surface area contributed by atoms with Gasteiger partial charge < -0.3 is 42.7 Å². The Kier molecular flexibility index (Phi) is 2.77. The molecule has 0 aliphatic heterocycles. The molecule has 0 unspecified atom stereocenters. The van der Waals surface area contributed by atoms with Crippen molar-refractivity contribution < 1.29 is 28.6 Å². The van der Waals surface area contributed by atoms with Gasteiger partial charge in [-0.2, -0.15) is 15.0 Å². The molecule has 7 rings (SSSR count). The maximum atomic E-state index is 10.8. The number of rotatable bonds is 3. The van der Waals surface area contributed by atoms with Crippen molar-refractivity contribution in [2.75, 3.05) is 0 Å². The van der Waals surface area contributed by atoms with Gasteiger partial charge in [0.2, 0.25) is 28.5 Å². The van der Waals surface area contributed by atoms with Gasteiger partial charge in [-0.3, -0.25) is 0 Å². The molecule has 0 atom stereocenters. The molecular formula is C19H14N6O6. The number of aromatic nitrogens is 6. The van der Waals surface area contributed by atoms with E-state index in [1.807, 2.05) is 4.57 Å². The molecule has 0 amide bonds. The molecule has 1 aliphatic rings. The van der Waals surface area contributed by atoms with E-state index in [9.17, 15) is 15.3 Å². The Morgan fingerprint density at radius 2 is 1.77 bits per heavy atom. The van der Waals surface area contributed by atoms with E-state index >= 15 is 0 Å². The van der Waals surface area contributed by atoms with Crippen LogP contribution < -0.4 is 0 Å². The summed E-state index contributed by atoms with van der Waals surface area (Å²) in [5.41, 5.74) is 2.18. The number of hydrogen-bond donors (Lipinski definition) is 4. The van der Waals surface area contributed by atoms with E-state index in [4.69, 9.17) is 13.3 Å². The maximum Gasteiger partial charge on any atom is 0.250 e. The summed E-state index contributed by atoms with van der Waals surface area (Å²) in [5, 5.41) is 31.4. The highest BCUT2D eigenvalue weighted by molar-refractivity contribution is 5.92. The predicted molar refractivity (Wildman–Crippen MR) is 105 cm³/mol. The summed E-state index contributed by atoms with van der Waals surface area (Å²) in [6.07, 6.45) is 4.86. The molecule has 6 heterocycles. The molecule has 12 nitrogen and oxygen atoms in total. The molecule has 0 saturated heterocycles. The smallest absolute Gasteiger partial charge is 0.250 e. The average molecular weight is 422 g/mol. The van der Waals surface area contributed by atoms with Crippen molar-refractivity contribution in [3.8, 4) is 40.4 Å². The van der Waals surface area contributed by atoms with E-state index in [-0.39, 0.29) is 57.2 Å². The predicted octanol–water partition coefficient (Wildman–Crippen LogP) is 3.36. The fourth-order valence-corrected chi connectivity index (χ4v) is 4.00. The molecule has 31 heavy (non-hydrogen) atoms. The van der Waals surface area contributed by atoms with Crippen molar-refractivity contribution >= 4 is 33.7 Å². The molecular weight excluding hydrogens is 408 g/mol. The van der Waals surface area contributed by atoms with Crippen molar-refractivity contribution in [2.45, 2.75) is 18.9 Å². The molecule has 0 spiro atoms. The lowest BCUT2D eigenvalue weighted by atomic mass is 10.4. The number of aryl methyl sites for hydroxylation is 1. The van der Waals surface area contributed by atoms with E-state index in [2.05, 4.69) is 19.9 Å². The number of aromatic amines is 1. The lowest BCUT2D eigenvalue weighted by Gasteiger charge is -2.00. The highest BCUT2D eigenvalue weighted by atomic mass is 16.4. The van der Waals surface area contributed by atoms with E-state index in [0.717, 1.165) is 12.8 Å². The first kappa shape index (κ1) is 16.4.